The summed E-state index contributed by atoms with van der Waals surface area (Å²) in [6, 6.07) is -0.0460. The molecule has 0 aliphatic carbocycles. The fraction of sp³-hybridized carbons (Fsp3) is 0.833. The van der Waals surface area contributed by atoms with Gasteiger partial charge in [0.1, 0.15) is 5.69 Å². The van der Waals surface area contributed by atoms with Crippen molar-refractivity contribution in [3.8, 4) is 0 Å². The molecule has 1 atom stereocenters. The van der Waals surface area contributed by atoms with Crippen molar-refractivity contribution in [3.05, 3.63) is 11.4 Å². The molecule has 26 heavy (non-hydrogen) atoms. The van der Waals surface area contributed by atoms with Gasteiger partial charge < -0.3 is 10.2 Å². The van der Waals surface area contributed by atoms with E-state index in [1.54, 1.807) is 4.90 Å². The van der Waals surface area contributed by atoms with Gasteiger partial charge in [0, 0.05) is 12.6 Å². The third-order valence-corrected chi connectivity index (χ3v) is 5.28. The summed E-state index contributed by atoms with van der Waals surface area (Å²) in [5.74, 6) is -0.396. The Hall–Kier alpha value is -1.57. The van der Waals surface area contributed by atoms with Crippen LogP contribution >= 0.6 is 0 Å². The lowest BCUT2D eigenvalue weighted by atomic mass is 9.87. The molecule has 2 saturated heterocycles. The van der Waals surface area contributed by atoms with E-state index in [1.165, 1.54) is 4.68 Å². The first kappa shape index (κ1) is 19.2. The van der Waals surface area contributed by atoms with Crippen LogP contribution in [0.3, 0.4) is 0 Å². The molecule has 1 unspecified atom stereocenters. The smallest absolute Gasteiger partial charge is 0.282 e. The van der Waals surface area contributed by atoms with Crippen LogP contribution in [-0.4, -0.2) is 51.5 Å². The Bertz CT molecular complexity index is 634. The highest BCUT2D eigenvalue weighted by Gasteiger charge is 2.37. The van der Waals surface area contributed by atoms with Crippen molar-refractivity contribution >= 4 is 5.91 Å². The number of alkyl halides is 2. The molecule has 1 aromatic rings. The molecule has 0 radical (unpaired) electrons. The monoisotopic (exact) mass is 369 g/mol. The lowest BCUT2D eigenvalue weighted by Gasteiger charge is -2.30. The first-order chi connectivity index (χ1) is 12.3. The van der Waals surface area contributed by atoms with Gasteiger partial charge in [-0.25, -0.2) is 13.5 Å². The van der Waals surface area contributed by atoms with Gasteiger partial charge in [-0.2, -0.15) is 0 Å². The minimum Gasteiger partial charge on any atom is -0.334 e. The number of carbonyl (C=O) groups is 1. The number of nitrogens with zero attached hydrogens (tertiary/aromatic N) is 4. The number of hydrogen-bond acceptors (Lipinski definition) is 4. The van der Waals surface area contributed by atoms with Crippen molar-refractivity contribution in [2.24, 2.45) is 5.41 Å². The molecule has 0 aromatic carbocycles. The van der Waals surface area contributed by atoms with Gasteiger partial charge in [0.25, 0.3) is 12.3 Å². The molecule has 0 spiro atoms. The van der Waals surface area contributed by atoms with E-state index in [1.807, 2.05) is 0 Å². The van der Waals surface area contributed by atoms with E-state index in [9.17, 15) is 13.6 Å². The van der Waals surface area contributed by atoms with Crippen LogP contribution in [0, 0.1) is 5.41 Å². The van der Waals surface area contributed by atoms with Crippen LogP contribution in [-0.2, 0) is 0 Å². The number of aromatic nitrogens is 3. The van der Waals surface area contributed by atoms with Gasteiger partial charge in [-0.05, 0) is 50.6 Å². The summed E-state index contributed by atoms with van der Waals surface area (Å²) in [6.07, 6.45) is 1.34. The van der Waals surface area contributed by atoms with Gasteiger partial charge in [0.2, 0.25) is 0 Å². The average molecular weight is 369 g/mol. The molecule has 2 fully saturated rings. The second-order valence-electron chi connectivity index (χ2n) is 8.61. The quantitative estimate of drug-likeness (QED) is 0.885. The number of piperidine rings is 1. The predicted molar refractivity (Wildman–Crippen MR) is 94.3 cm³/mol. The predicted octanol–water partition coefficient (Wildman–Crippen LogP) is 3.18. The van der Waals surface area contributed by atoms with E-state index in [-0.39, 0.29) is 28.9 Å². The SMILES string of the molecule is CC(C)(C)CC1CCCN1C(=O)c1nnn(C2CCNCC2)c1C(F)F. The van der Waals surface area contributed by atoms with E-state index >= 15 is 0 Å². The molecule has 0 bridgehead atoms. The minimum atomic E-state index is -2.76. The number of likely N-dealkylation sites (tertiary alicyclic amines) is 1. The van der Waals surface area contributed by atoms with Crippen LogP contribution < -0.4 is 5.32 Å². The molecule has 3 heterocycles. The number of nitrogens with one attached hydrogen (secondary N) is 1. The number of halogens is 2. The number of carbonyl (C=O) groups excluding carboxylic acids is 1. The second kappa shape index (κ2) is 7.58. The third-order valence-electron chi connectivity index (χ3n) is 5.28. The van der Waals surface area contributed by atoms with E-state index in [2.05, 4.69) is 36.4 Å². The van der Waals surface area contributed by atoms with Gasteiger partial charge in [0.05, 0.1) is 6.04 Å². The summed E-state index contributed by atoms with van der Waals surface area (Å²) >= 11 is 0. The molecule has 3 rings (SSSR count). The maximum Gasteiger partial charge on any atom is 0.282 e. The molecular weight excluding hydrogens is 340 g/mol. The molecule has 146 valence electrons. The Morgan fingerprint density at radius 2 is 1.96 bits per heavy atom. The van der Waals surface area contributed by atoms with Gasteiger partial charge in [-0.1, -0.05) is 26.0 Å². The fourth-order valence-electron chi connectivity index (χ4n) is 4.14. The molecule has 0 saturated carbocycles. The first-order valence-electron chi connectivity index (χ1n) is 9.53. The van der Waals surface area contributed by atoms with Crippen LogP contribution in [0.15, 0.2) is 0 Å². The van der Waals surface area contributed by atoms with Crippen molar-refractivity contribution in [2.75, 3.05) is 19.6 Å². The lowest BCUT2D eigenvalue weighted by molar-refractivity contribution is 0.0683. The van der Waals surface area contributed by atoms with Gasteiger partial charge in [-0.3, -0.25) is 4.79 Å². The van der Waals surface area contributed by atoms with Gasteiger partial charge >= 0.3 is 0 Å². The third kappa shape index (κ3) is 4.05. The average Bonchev–Trinajstić information content (AvgIpc) is 3.20. The molecule has 6 nitrogen and oxygen atoms in total. The molecule has 1 amide bonds. The minimum absolute atomic E-state index is 0.0752. The van der Waals surface area contributed by atoms with Gasteiger partial charge in [0.15, 0.2) is 5.69 Å². The Morgan fingerprint density at radius 1 is 1.27 bits per heavy atom. The maximum atomic E-state index is 13.8. The molecule has 2 aliphatic rings. The summed E-state index contributed by atoms with van der Waals surface area (Å²) < 4.78 is 28.9. The van der Waals surface area contributed by atoms with Crippen LogP contribution in [0.5, 0.6) is 0 Å². The summed E-state index contributed by atoms with van der Waals surface area (Å²) in [7, 11) is 0. The fourth-order valence-corrected chi connectivity index (χ4v) is 4.14. The zero-order valence-electron chi connectivity index (χ0n) is 15.8. The molecular formula is C18H29F2N5O. The summed E-state index contributed by atoms with van der Waals surface area (Å²) in [5, 5.41) is 11.1. The first-order valence-corrected chi connectivity index (χ1v) is 9.53. The van der Waals surface area contributed by atoms with E-state index < -0.39 is 12.3 Å². The zero-order valence-corrected chi connectivity index (χ0v) is 15.8. The normalized spacial score (nSPS) is 22.4. The Balaban J connectivity index is 1.86. The Morgan fingerprint density at radius 3 is 2.58 bits per heavy atom. The van der Waals surface area contributed by atoms with Crippen LogP contribution in [0.2, 0.25) is 0 Å². The Labute approximate surface area is 153 Å². The van der Waals surface area contributed by atoms with E-state index in [4.69, 9.17) is 0 Å². The van der Waals surface area contributed by atoms with E-state index in [0.717, 1.165) is 32.4 Å². The highest BCUT2D eigenvalue weighted by atomic mass is 19.3. The number of hydrogen-bond donors (Lipinski definition) is 1. The van der Waals surface area contributed by atoms with Crippen molar-refractivity contribution < 1.29 is 13.6 Å². The summed E-state index contributed by atoms with van der Waals surface area (Å²) in [6.45, 7) is 8.51. The summed E-state index contributed by atoms with van der Waals surface area (Å²) in [4.78, 5) is 14.8. The van der Waals surface area contributed by atoms with Crippen molar-refractivity contribution in [3.63, 3.8) is 0 Å². The molecule has 8 heteroatoms. The molecule has 1 N–H and O–H groups in total. The summed E-state index contributed by atoms with van der Waals surface area (Å²) in [5.41, 5.74) is -0.408. The highest BCUT2D eigenvalue weighted by Crippen LogP contribution is 2.33. The lowest BCUT2D eigenvalue weighted by Crippen LogP contribution is -2.38. The largest absolute Gasteiger partial charge is 0.334 e. The zero-order chi connectivity index (χ0) is 18.9. The highest BCUT2D eigenvalue weighted by molar-refractivity contribution is 5.93. The van der Waals surface area contributed by atoms with Crippen LogP contribution in [0.4, 0.5) is 8.78 Å². The maximum absolute atomic E-state index is 13.8. The molecule has 1 aromatic heterocycles. The van der Waals surface area contributed by atoms with Crippen LogP contribution in [0.1, 0.15) is 81.5 Å². The van der Waals surface area contributed by atoms with Crippen molar-refractivity contribution in [1.82, 2.24) is 25.2 Å². The standard InChI is InChI=1S/C18H29F2N5O/c1-18(2,3)11-13-5-4-10-24(13)17(26)14-15(16(19)20)25(23-22-14)12-6-8-21-9-7-12/h12-13,16,21H,4-11H2,1-3H3. The van der Waals surface area contributed by atoms with Crippen molar-refractivity contribution in [2.45, 2.75) is 71.4 Å². The number of amides is 1. The molecule has 2 aliphatic heterocycles. The number of rotatable bonds is 4. The Kier molecular flexibility index (Phi) is 5.60. The topological polar surface area (TPSA) is 63.1 Å². The van der Waals surface area contributed by atoms with Gasteiger partial charge in [-0.15, -0.1) is 5.10 Å². The van der Waals surface area contributed by atoms with E-state index in [0.29, 0.717) is 19.4 Å². The van der Waals surface area contributed by atoms with Crippen LogP contribution in [0.25, 0.3) is 0 Å². The van der Waals surface area contributed by atoms with Crippen molar-refractivity contribution in [1.29, 1.82) is 0 Å². The second-order valence-corrected chi connectivity index (χ2v) is 8.61.